The molecule has 2 aromatic carbocycles. The van der Waals surface area contributed by atoms with E-state index in [0.717, 1.165) is 6.42 Å². The van der Waals surface area contributed by atoms with Crippen molar-refractivity contribution in [2.75, 3.05) is 13.7 Å². The normalized spacial score (nSPS) is 10.3. The van der Waals surface area contributed by atoms with Crippen molar-refractivity contribution in [2.45, 2.75) is 19.9 Å². The van der Waals surface area contributed by atoms with E-state index in [1.807, 2.05) is 6.92 Å². The van der Waals surface area contributed by atoms with Crippen molar-refractivity contribution < 1.29 is 18.7 Å². The van der Waals surface area contributed by atoms with Crippen molar-refractivity contribution in [3.05, 3.63) is 58.4 Å². The molecule has 0 atom stereocenters. The van der Waals surface area contributed by atoms with E-state index < -0.39 is 0 Å². The summed E-state index contributed by atoms with van der Waals surface area (Å²) in [5.74, 6) is 0.139. The minimum absolute atomic E-state index is 0.213. The van der Waals surface area contributed by atoms with Crippen LogP contribution in [0.5, 0.6) is 11.5 Å². The number of ether oxygens (including phenoxy) is 2. The summed E-state index contributed by atoms with van der Waals surface area (Å²) in [6, 6.07) is 9.14. The van der Waals surface area contributed by atoms with Crippen molar-refractivity contribution in [3.63, 3.8) is 0 Å². The molecular formula is C18H19ClFNO3. The Morgan fingerprint density at radius 1 is 1.29 bits per heavy atom. The number of carbonyl (C=O) groups is 1. The Bertz CT molecular complexity index is 721. The maximum Gasteiger partial charge on any atom is 0.251 e. The number of benzene rings is 2. The molecule has 2 rings (SSSR count). The predicted octanol–water partition coefficient (Wildman–Crippen LogP) is 4.21. The van der Waals surface area contributed by atoms with Crippen molar-refractivity contribution in [3.8, 4) is 11.5 Å². The van der Waals surface area contributed by atoms with Gasteiger partial charge in [0.1, 0.15) is 5.82 Å². The molecule has 24 heavy (non-hydrogen) atoms. The molecule has 0 aromatic heterocycles. The van der Waals surface area contributed by atoms with Crippen LogP contribution in [-0.2, 0) is 6.54 Å². The monoisotopic (exact) mass is 351 g/mol. The van der Waals surface area contributed by atoms with Gasteiger partial charge in [-0.1, -0.05) is 30.7 Å². The van der Waals surface area contributed by atoms with Gasteiger partial charge in [0, 0.05) is 12.1 Å². The maximum atomic E-state index is 13.2. The fraction of sp³-hybridized carbons (Fsp3) is 0.278. The van der Waals surface area contributed by atoms with Crippen molar-refractivity contribution in [1.29, 1.82) is 0 Å². The predicted molar refractivity (Wildman–Crippen MR) is 91.4 cm³/mol. The highest BCUT2D eigenvalue weighted by molar-refractivity contribution is 6.32. The van der Waals surface area contributed by atoms with E-state index in [1.54, 1.807) is 18.2 Å². The van der Waals surface area contributed by atoms with Crippen LogP contribution < -0.4 is 14.8 Å². The van der Waals surface area contributed by atoms with Crippen LogP contribution in [0.2, 0.25) is 5.02 Å². The molecule has 0 radical (unpaired) electrons. The van der Waals surface area contributed by atoms with Crippen LogP contribution in [-0.4, -0.2) is 19.6 Å². The molecule has 6 heteroatoms. The summed E-state index contributed by atoms with van der Waals surface area (Å²) in [4.78, 5) is 12.3. The summed E-state index contributed by atoms with van der Waals surface area (Å²) in [6.45, 7) is 2.69. The second kappa shape index (κ2) is 8.55. The first-order valence-electron chi connectivity index (χ1n) is 7.58. The molecule has 0 aliphatic rings. The molecule has 1 N–H and O–H groups in total. The number of hydrogen-bond acceptors (Lipinski definition) is 3. The third-order valence-corrected chi connectivity index (χ3v) is 3.57. The van der Waals surface area contributed by atoms with E-state index in [1.165, 1.54) is 25.3 Å². The van der Waals surface area contributed by atoms with E-state index in [9.17, 15) is 9.18 Å². The summed E-state index contributed by atoms with van der Waals surface area (Å²) in [7, 11) is 1.49. The number of hydrogen-bond donors (Lipinski definition) is 1. The molecular weight excluding hydrogens is 333 g/mol. The number of carbonyl (C=O) groups excluding carboxylic acids is 1. The van der Waals surface area contributed by atoms with Crippen LogP contribution in [0.15, 0.2) is 36.4 Å². The molecule has 0 saturated carbocycles. The van der Waals surface area contributed by atoms with Gasteiger partial charge in [-0.25, -0.2) is 4.39 Å². The standard InChI is InChI=1S/C18H19ClFNO3/c1-3-7-24-17-15(19)9-13(10-16(17)23-2)18(22)21-11-12-5-4-6-14(20)8-12/h4-6,8-10H,3,7,11H2,1-2H3,(H,21,22). The first kappa shape index (κ1) is 18.1. The zero-order valence-electron chi connectivity index (χ0n) is 13.6. The van der Waals surface area contributed by atoms with Gasteiger partial charge in [-0.15, -0.1) is 0 Å². The lowest BCUT2D eigenvalue weighted by molar-refractivity contribution is 0.0950. The van der Waals surface area contributed by atoms with Gasteiger partial charge in [0.25, 0.3) is 5.91 Å². The number of amides is 1. The molecule has 4 nitrogen and oxygen atoms in total. The SMILES string of the molecule is CCCOc1c(Cl)cc(C(=O)NCc2cccc(F)c2)cc1OC. The van der Waals surface area contributed by atoms with Crippen LogP contribution in [0.4, 0.5) is 4.39 Å². The van der Waals surface area contributed by atoms with E-state index in [4.69, 9.17) is 21.1 Å². The molecule has 0 saturated heterocycles. The van der Waals surface area contributed by atoms with Gasteiger partial charge in [0.05, 0.1) is 18.7 Å². The molecule has 0 aliphatic heterocycles. The Morgan fingerprint density at radius 2 is 2.08 bits per heavy atom. The van der Waals surface area contributed by atoms with Crippen LogP contribution in [0.1, 0.15) is 29.3 Å². The highest BCUT2D eigenvalue weighted by Gasteiger charge is 2.15. The zero-order valence-corrected chi connectivity index (χ0v) is 14.3. The van der Waals surface area contributed by atoms with Crippen LogP contribution in [0.3, 0.4) is 0 Å². The Hall–Kier alpha value is -2.27. The number of halogens is 2. The fourth-order valence-electron chi connectivity index (χ4n) is 2.13. The molecule has 0 heterocycles. The first-order chi connectivity index (χ1) is 11.5. The molecule has 1 amide bonds. The number of nitrogens with one attached hydrogen (secondary N) is 1. The first-order valence-corrected chi connectivity index (χ1v) is 7.96. The van der Waals surface area contributed by atoms with Crippen molar-refractivity contribution in [2.24, 2.45) is 0 Å². The Labute approximate surface area is 145 Å². The Kier molecular flexibility index (Phi) is 6.44. The van der Waals surface area contributed by atoms with Gasteiger partial charge in [0.2, 0.25) is 0 Å². The van der Waals surface area contributed by atoms with Gasteiger partial charge in [-0.05, 0) is 36.2 Å². The lowest BCUT2D eigenvalue weighted by Crippen LogP contribution is -2.23. The average molecular weight is 352 g/mol. The van der Waals surface area contributed by atoms with Gasteiger partial charge in [-0.2, -0.15) is 0 Å². The quantitative estimate of drug-likeness (QED) is 0.813. The second-order valence-corrected chi connectivity index (χ2v) is 5.56. The van der Waals surface area contributed by atoms with Crippen LogP contribution >= 0.6 is 11.6 Å². The topological polar surface area (TPSA) is 47.6 Å². The summed E-state index contributed by atoms with van der Waals surface area (Å²) >= 11 is 6.20. The number of rotatable bonds is 7. The lowest BCUT2D eigenvalue weighted by Gasteiger charge is -2.14. The van der Waals surface area contributed by atoms with Gasteiger partial charge in [0.15, 0.2) is 11.5 Å². The molecule has 0 spiro atoms. The average Bonchev–Trinajstić information content (AvgIpc) is 2.58. The summed E-state index contributed by atoms with van der Waals surface area (Å²) in [5.41, 5.74) is 1.02. The van der Waals surface area contributed by atoms with E-state index in [0.29, 0.717) is 34.3 Å². The highest BCUT2D eigenvalue weighted by Crippen LogP contribution is 2.36. The molecule has 2 aromatic rings. The zero-order chi connectivity index (χ0) is 17.5. The van der Waals surface area contributed by atoms with E-state index in [2.05, 4.69) is 5.32 Å². The Morgan fingerprint density at radius 3 is 2.75 bits per heavy atom. The second-order valence-electron chi connectivity index (χ2n) is 5.15. The van der Waals surface area contributed by atoms with Gasteiger partial charge < -0.3 is 14.8 Å². The molecule has 128 valence electrons. The third kappa shape index (κ3) is 4.61. The Balaban J connectivity index is 2.12. The summed E-state index contributed by atoms with van der Waals surface area (Å²) in [5, 5.41) is 3.03. The van der Waals surface area contributed by atoms with Gasteiger partial charge >= 0.3 is 0 Å². The van der Waals surface area contributed by atoms with Crippen molar-refractivity contribution >= 4 is 17.5 Å². The van der Waals surface area contributed by atoms with Crippen LogP contribution in [0, 0.1) is 5.82 Å². The van der Waals surface area contributed by atoms with E-state index in [-0.39, 0.29) is 18.3 Å². The van der Waals surface area contributed by atoms with Gasteiger partial charge in [-0.3, -0.25) is 4.79 Å². The third-order valence-electron chi connectivity index (χ3n) is 3.28. The fourth-order valence-corrected chi connectivity index (χ4v) is 2.39. The van der Waals surface area contributed by atoms with Crippen molar-refractivity contribution in [1.82, 2.24) is 5.32 Å². The highest BCUT2D eigenvalue weighted by atomic mass is 35.5. The molecule has 0 fully saturated rings. The van der Waals surface area contributed by atoms with Crippen LogP contribution in [0.25, 0.3) is 0 Å². The molecule has 0 unspecified atom stereocenters. The molecule has 0 bridgehead atoms. The minimum atomic E-state index is -0.344. The maximum absolute atomic E-state index is 13.2. The molecule has 0 aliphatic carbocycles. The minimum Gasteiger partial charge on any atom is -0.493 e. The lowest BCUT2D eigenvalue weighted by atomic mass is 10.1. The number of methoxy groups -OCH3 is 1. The summed E-state index contributed by atoms with van der Waals surface area (Å²) < 4.78 is 24.0. The largest absolute Gasteiger partial charge is 0.493 e. The van der Waals surface area contributed by atoms with E-state index >= 15 is 0 Å². The smallest absolute Gasteiger partial charge is 0.251 e. The summed E-state index contributed by atoms with van der Waals surface area (Å²) in [6.07, 6.45) is 0.829.